The summed E-state index contributed by atoms with van der Waals surface area (Å²) >= 11 is 6.17. The maximum atomic E-state index is 6.17. The molecular weight excluding hydrogens is 218 g/mol. The number of halogens is 1. The standard InChI is InChI=1S/C14H20ClN/c1-10-6-5-9-13(11(10)2)16-14-8-4-3-7-12(14)15/h3-4,7-8,10-11,13,16H,5-6,9H2,1-2H3. The maximum absolute atomic E-state index is 6.17. The van der Waals surface area contributed by atoms with Gasteiger partial charge in [-0.25, -0.2) is 0 Å². The highest BCUT2D eigenvalue weighted by Crippen LogP contribution is 2.33. The number of nitrogens with one attached hydrogen (secondary N) is 1. The Morgan fingerprint density at radius 3 is 2.69 bits per heavy atom. The lowest BCUT2D eigenvalue weighted by Gasteiger charge is -2.35. The average Bonchev–Trinajstić information content (AvgIpc) is 2.28. The first-order chi connectivity index (χ1) is 7.68. The first-order valence-corrected chi connectivity index (χ1v) is 6.57. The van der Waals surface area contributed by atoms with Gasteiger partial charge in [-0.3, -0.25) is 0 Å². The molecule has 1 saturated carbocycles. The van der Waals surface area contributed by atoms with E-state index in [1.807, 2.05) is 18.2 Å². The van der Waals surface area contributed by atoms with E-state index in [-0.39, 0.29) is 0 Å². The molecule has 2 heteroatoms. The van der Waals surface area contributed by atoms with Crippen molar-refractivity contribution in [2.24, 2.45) is 11.8 Å². The summed E-state index contributed by atoms with van der Waals surface area (Å²) in [4.78, 5) is 0. The van der Waals surface area contributed by atoms with Crippen molar-refractivity contribution in [2.45, 2.75) is 39.2 Å². The Balaban J connectivity index is 2.06. The molecule has 1 fully saturated rings. The van der Waals surface area contributed by atoms with Crippen molar-refractivity contribution in [2.75, 3.05) is 5.32 Å². The first-order valence-electron chi connectivity index (χ1n) is 6.19. The predicted octanol–water partition coefficient (Wildman–Crippen LogP) is 4.58. The molecule has 0 heterocycles. The van der Waals surface area contributed by atoms with Crippen molar-refractivity contribution >= 4 is 17.3 Å². The minimum atomic E-state index is 0.573. The molecule has 0 amide bonds. The largest absolute Gasteiger partial charge is 0.381 e. The van der Waals surface area contributed by atoms with Gasteiger partial charge < -0.3 is 5.32 Å². The fourth-order valence-corrected chi connectivity index (χ4v) is 2.75. The van der Waals surface area contributed by atoms with Gasteiger partial charge in [0, 0.05) is 6.04 Å². The molecule has 1 aromatic carbocycles. The lowest BCUT2D eigenvalue weighted by molar-refractivity contribution is 0.253. The van der Waals surface area contributed by atoms with Crippen LogP contribution in [0.15, 0.2) is 24.3 Å². The van der Waals surface area contributed by atoms with Crippen LogP contribution in [0.2, 0.25) is 5.02 Å². The highest BCUT2D eigenvalue weighted by atomic mass is 35.5. The van der Waals surface area contributed by atoms with Gasteiger partial charge in [-0.2, -0.15) is 0 Å². The highest BCUT2D eigenvalue weighted by molar-refractivity contribution is 6.33. The summed E-state index contributed by atoms with van der Waals surface area (Å²) in [5.74, 6) is 1.54. The van der Waals surface area contributed by atoms with E-state index in [1.54, 1.807) is 0 Å². The van der Waals surface area contributed by atoms with Crippen LogP contribution in [0.1, 0.15) is 33.1 Å². The van der Waals surface area contributed by atoms with Crippen LogP contribution in [-0.2, 0) is 0 Å². The number of anilines is 1. The second-order valence-electron chi connectivity index (χ2n) is 5.00. The van der Waals surface area contributed by atoms with Crippen molar-refractivity contribution in [1.82, 2.24) is 0 Å². The topological polar surface area (TPSA) is 12.0 Å². The molecule has 0 aliphatic heterocycles. The number of para-hydroxylation sites is 1. The van der Waals surface area contributed by atoms with E-state index in [4.69, 9.17) is 11.6 Å². The fourth-order valence-electron chi connectivity index (χ4n) is 2.56. The van der Waals surface area contributed by atoms with E-state index in [9.17, 15) is 0 Å². The van der Waals surface area contributed by atoms with E-state index in [1.165, 1.54) is 19.3 Å². The van der Waals surface area contributed by atoms with Crippen LogP contribution in [0.3, 0.4) is 0 Å². The third kappa shape index (κ3) is 2.52. The van der Waals surface area contributed by atoms with Crippen LogP contribution in [0.5, 0.6) is 0 Å². The van der Waals surface area contributed by atoms with Crippen LogP contribution in [0, 0.1) is 11.8 Å². The Bertz CT molecular complexity index is 350. The molecule has 1 aromatic rings. The Labute approximate surface area is 103 Å². The van der Waals surface area contributed by atoms with Crippen LogP contribution >= 0.6 is 11.6 Å². The molecule has 16 heavy (non-hydrogen) atoms. The molecule has 2 rings (SSSR count). The van der Waals surface area contributed by atoms with E-state index < -0.39 is 0 Å². The van der Waals surface area contributed by atoms with E-state index in [0.29, 0.717) is 6.04 Å². The summed E-state index contributed by atoms with van der Waals surface area (Å²) in [6.45, 7) is 4.70. The van der Waals surface area contributed by atoms with Gasteiger partial charge in [0.1, 0.15) is 0 Å². The molecule has 0 saturated heterocycles. The Kier molecular flexibility index (Phi) is 3.75. The molecule has 3 atom stereocenters. The fraction of sp³-hybridized carbons (Fsp3) is 0.571. The van der Waals surface area contributed by atoms with Crippen molar-refractivity contribution in [3.8, 4) is 0 Å². The normalized spacial score (nSPS) is 30.1. The molecule has 0 radical (unpaired) electrons. The second kappa shape index (κ2) is 5.09. The zero-order valence-electron chi connectivity index (χ0n) is 10.0. The summed E-state index contributed by atoms with van der Waals surface area (Å²) in [6.07, 6.45) is 3.95. The number of benzene rings is 1. The summed E-state index contributed by atoms with van der Waals surface area (Å²) in [5.41, 5.74) is 1.08. The van der Waals surface area contributed by atoms with E-state index in [0.717, 1.165) is 22.5 Å². The van der Waals surface area contributed by atoms with Gasteiger partial charge in [-0.1, -0.05) is 50.4 Å². The molecule has 0 spiro atoms. The second-order valence-corrected chi connectivity index (χ2v) is 5.41. The number of hydrogen-bond acceptors (Lipinski definition) is 1. The molecule has 0 bridgehead atoms. The van der Waals surface area contributed by atoms with Gasteiger partial charge in [0.15, 0.2) is 0 Å². The zero-order valence-corrected chi connectivity index (χ0v) is 10.8. The Hall–Kier alpha value is -0.690. The summed E-state index contributed by atoms with van der Waals surface area (Å²) in [6, 6.07) is 8.59. The van der Waals surface area contributed by atoms with Gasteiger partial charge in [-0.05, 0) is 30.4 Å². The first kappa shape index (κ1) is 11.8. The molecular formula is C14H20ClN. The summed E-state index contributed by atoms with van der Waals surface area (Å²) in [7, 11) is 0. The molecule has 0 aromatic heterocycles. The predicted molar refractivity (Wildman–Crippen MR) is 71.0 cm³/mol. The molecule has 1 N–H and O–H groups in total. The molecule has 1 aliphatic rings. The van der Waals surface area contributed by atoms with Gasteiger partial charge in [0.05, 0.1) is 10.7 Å². The molecule has 1 aliphatic carbocycles. The molecule has 3 unspecified atom stereocenters. The van der Waals surface area contributed by atoms with E-state index >= 15 is 0 Å². The van der Waals surface area contributed by atoms with Crippen molar-refractivity contribution in [3.63, 3.8) is 0 Å². The van der Waals surface area contributed by atoms with Crippen LogP contribution in [-0.4, -0.2) is 6.04 Å². The molecule has 88 valence electrons. The summed E-state index contributed by atoms with van der Waals surface area (Å²) in [5, 5.41) is 4.42. The maximum Gasteiger partial charge on any atom is 0.0637 e. The van der Waals surface area contributed by atoms with Gasteiger partial charge in [0.2, 0.25) is 0 Å². The van der Waals surface area contributed by atoms with Crippen molar-refractivity contribution in [3.05, 3.63) is 29.3 Å². The summed E-state index contributed by atoms with van der Waals surface area (Å²) < 4.78 is 0. The Morgan fingerprint density at radius 1 is 1.19 bits per heavy atom. The van der Waals surface area contributed by atoms with Gasteiger partial charge >= 0.3 is 0 Å². The van der Waals surface area contributed by atoms with Crippen LogP contribution in [0.25, 0.3) is 0 Å². The third-order valence-electron chi connectivity index (χ3n) is 3.92. The lowest BCUT2D eigenvalue weighted by Crippen LogP contribution is -2.35. The van der Waals surface area contributed by atoms with Crippen LogP contribution < -0.4 is 5.32 Å². The monoisotopic (exact) mass is 237 g/mol. The third-order valence-corrected chi connectivity index (χ3v) is 4.25. The number of hydrogen-bond donors (Lipinski definition) is 1. The Morgan fingerprint density at radius 2 is 1.94 bits per heavy atom. The van der Waals surface area contributed by atoms with Crippen LogP contribution in [0.4, 0.5) is 5.69 Å². The average molecular weight is 238 g/mol. The van der Waals surface area contributed by atoms with Gasteiger partial charge in [0.25, 0.3) is 0 Å². The SMILES string of the molecule is CC1CCCC(Nc2ccccc2Cl)C1C. The smallest absolute Gasteiger partial charge is 0.0637 e. The van der Waals surface area contributed by atoms with Gasteiger partial charge in [-0.15, -0.1) is 0 Å². The van der Waals surface area contributed by atoms with E-state index in [2.05, 4.69) is 25.2 Å². The number of rotatable bonds is 2. The lowest BCUT2D eigenvalue weighted by atomic mass is 9.78. The molecule has 1 nitrogen and oxygen atoms in total. The van der Waals surface area contributed by atoms with Crippen molar-refractivity contribution in [1.29, 1.82) is 0 Å². The minimum Gasteiger partial charge on any atom is -0.381 e. The highest BCUT2D eigenvalue weighted by Gasteiger charge is 2.27. The van der Waals surface area contributed by atoms with Crippen molar-refractivity contribution < 1.29 is 0 Å². The quantitative estimate of drug-likeness (QED) is 0.794. The zero-order chi connectivity index (χ0) is 11.5. The minimum absolute atomic E-state index is 0.573.